The molecule has 6 nitrogen and oxygen atoms in total. The topological polar surface area (TPSA) is 81.7 Å². The van der Waals surface area contributed by atoms with Gasteiger partial charge >= 0.3 is 5.97 Å². The summed E-state index contributed by atoms with van der Waals surface area (Å²) in [5, 5.41) is 3.21. The zero-order chi connectivity index (χ0) is 22.9. The minimum absolute atomic E-state index is 0.219. The van der Waals surface area contributed by atoms with E-state index in [9.17, 15) is 14.4 Å². The van der Waals surface area contributed by atoms with Crippen LogP contribution in [0.5, 0.6) is 5.75 Å². The van der Waals surface area contributed by atoms with Crippen molar-refractivity contribution in [1.29, 1.82) is 0 Å². The molecule has 0 aliphatic heterocycles. The van der Waals surface area contributed by atoms with E-state index in [2.05, 4.69) is 5.32 Å². The van der Waals surface area contributed by atoms with Gasteiger partial charge in [0.1, 0.15) is 11.8 Å². The van der Waals surface area contributed by atoms with Crippen LogP contribution >= 0.6 is 11.6 Å². The van der Waals surface area contributed by atoms with Crippen LogP contribution in [-0.4, -0.2) is 37.4 Å². The van der Waals surface area contributed by atoms with Gasteiger partial charge < -0.3 is 14.8 Å². The van der Waals surface area contributed by atoms with Crippen LogP contribution in [0.2, 0.25) is 5.02 Å². The number of ether oxygens (including phenoxy) is 2. The first-order valence-electron chi connectivity index (χ1n) is 9.90. The molecular formula is C25H22ClNO5. The summed E-state index contributed by atoms with van der Waals surface area (Å²) in [6.07, 6.45) is 0.219. The van der Waals surface area contributed by atoms with Gasteiger partial charge in [0.15, 0.2) is 12.4 Å². The van der Waals surface area contributed by atoms with Gasteiger partial charge in [0.05, 0.1) is 7.11 Å². The van der Waals surface area contributed by atoms with E-state index >= 15 is 0 Å². The van der Waals surface area contributed by atoms with Gasteiger partial charge in [-0.05, 0) is 54.1 Å². The van der Waals surface area contributed by atoms with Crippen LogP contribution in [-0.2, 0) is 16.0 Å². The molecule has 1 atom stereocenters. The zero-order valence-corrected chi connectivity index (χ0v) is 18.2. The summed E-state index contributed by atoms with van der Waals surface area (Å²) in [4.78, 5) is 37.8. The van der Waals surface area contributed by atoms with Gasteiger partial charge in [-0.3, -0.25) is 9.59 Å². The van der Waals surface area contributed by atoms with Crippen LogP contribution in [0, 0.1) is 0 Å². The molecule has 7 heteroatoms. The van der Waals surface area contributed by atoms with E-state index in [4.69, 9.17) is 21.1 Å². The number of benzene rings is 3. The lowest BCUT2D eigenvalue weighted by Crippen LogP contribution is -2.43. The molecular weight excluding hydrogens is 430 g/mol. The highest BCUT2D eigenvalue weighted by Gasteiger charge is 2.24. The first-order chi connectivity index (χ1) is 15.5. The maximum atomic E-state index is 12.8. The molecule has 0 heterocycles. The fourth-order valence-corrected chi connectivity index (χ4v) is 3.11. The molecule has 0 aliphatic carbocycles. The standard InChI is InChI=1S/C25H22ClNO5/c1-31-21-13-9-19(10-14-21)24(29)27-22(15-17-5-3-2-4-6-17)25(30)32-16-23(28)18-7-11-20(26)12-8-18/h2-14,22H,15-16H2,1H3,(H,27,29)/t22-/m0/s1. The van der Waals surface area contributed by atoms with Crippen molar-refractivity contribution in [2.24, 2.45) is 0 Å². The monoisotopic (exact) mass is 451 g/mol. The number of carbonyl (C=O) groups is 3. The lowest BCUT2D eigenvalue weighted by Gasteiger charge is -2.18. The zero-order valence-electron chi connectivity index (χ0n) is 17.4. The van der Waals surface area contributed by atoms with Crippen molar-refractivity contribution in [2.45, 2.75) is 12.5 Å². The van der Waals surface area contributed by atoms with Crippen molar-refractivity contribution in [3.63, 3.8) is 0 Å². The minimum atomic E-state index is -0.968. The Morgan fingerprint density at radius 1 is 0.875 bits per heavy atom. The Labute approximate surface area is 191 Å². The molecule has 0 unspecified atom stereocenters. The molecule has 0 aliphatic rings. The predicted octanol–water partition coefficient (Wildman–Crippen LogP) is 4.12. The smallest absolute Gasteiger partial charge is 0.329 e. The van der Waals surface area contributed by atoms with Crippen LogP contribution in [0.3, 0.4) is 0 Å². The second-order valence-electron chi connectivity index (χ2n) is 6.98. The Morgan fingerprint density at radius 3 is 2.12 bits per heavy atom. The normalized spacial score (nSPS) is 11.3. The number of methoxy groups -OCH3 is 1. The number of carbonyl (C=O) groups excluding carboxylic acids is 3. The lowest BCUT2D eigenvalue weighted by molar-refractivity contribution is -0.144. The predicted molar refractivity (Wildman–Crippen MR) is 121 cm³/mol. The van der Waals surface area contributed by atoms with Crippen molar-refractivity contribution >= 4 is 29.3 Å². The number of hydrogen-bond acceptors (Lipinski definition) is 5. The second-order valence-corrected chi connectivity index (χ2v) is 7.42. The summed E-state index contributed by atoms with van der Waals surface area (Å²) in [6, 6.07) is 21.1. The maximum Gasteiger partial charge on any atom is 0.329 e. The SMILES string of the molecule is COc1ccc(C(=O)N[C@@H](Cc2ccccc2)C(=O)OCC(=O)c2ccc(Cl)cc2)cc1. The first kappa shape index (κ1) is 23.0. The van der Waals surface area contributed by atoms with E-state index in [1.807, 2.05) is 30.3 Å². The Kier molecular flexibility index (Phi) is 8.00. The first-order valence-corrected chi connectivity index (χ1v) is 10.3. The largest absolute Gasteiger partial charge is 0.497 e. The molecule has 164 valence electrons. The van der Waals surface area contributed by atoms with Crippen LogP contribution in [0.25, 0.3) is 0 Å². The van der Waals surface area contributed by atoms with Gasteiger partial charge in [-0.1, -0.05) is 41.9 Å². The van der Waals surface area contributed by atoms with E-state index in [0.717, 1.165) is 5.56 Å². The lowest BCUT2D eigenvalue weighted by atomic mass is 10.1. The summed E-state index contributed by atoms with van der Waals surface area (Å²) in [5.41, 5.74) is 1.59. The third-order valence-corrected chi connectivity index (χ3v) is 4.99. The molecule has 0 radical (unpaired) electrons. The molecule has 0 bridgehead atoms. The fourth-order valence-electron chi connectivity index (χ4n) is 2.98. The number of Topliss-reactive ketones (excluding diaryl/α,β-unsaturated/α-hetero) is 1. The molecule has 3 rings (SSSR count). The van der Waals surface area contributed by atoms with Crippen LogP contribution in [0.1, 0.15) is 26.3 Å². The third kappa shape index (κ3) is 6.43. The highest BCUT2D eigenvalue weighted by Crippen LogP contribution is 2.13. The van der Waals surface area contributed by atoms with Crippen molar-refractivity contribution < 1.29 is 23.9 Å². The number of esters is 1. The van der Waals surface area contributed by atoms with Gasteiger partial charge in [0.2, 0.25) is 0 Å². The summed E-state index contributed by atoms with van der Waals surface area (Å²) in [6.45, 7) is -0.440. The Morgan fingerprint density at radius 2 is 1.50 bits per heavy atom. The molecule has 1 amide bonds. The van der Waals surface area contributed by atoms with Crippen molar-refractivity contribution in [2.75, 3.05) is 13.7 Å². The molecule has 0 saturated carbocycles. The molecule has 1 N–H and O–H groups in total. The number of amides is 1. The Hall–Kier alpha value is -3.64. The number of halogens is 1. The van der Waals surface area contributed by atoms with E-state index in [1.165, 1.54) is 7.11 Å². The number of nitrogens with one attached hydrogen (secondary N) is 1. The number of ketones is 1. The molecule has 0 saturated heterocycles. The number of rotatable bonds is 9. The van der Waals surface area contributed by atoms with E-state index in [-0.39, 0.29) is 12.2 Å². The fraction of sp³-hybridized carbons (Fsp3) is 0.160. The van der Waals surface area contributed by atoms with E-state index in [0.29, 0.717) is 21.9 Å². The van der Waals surface area contributed by atoms with Gasteiger partial charge in [0, 0.05) is 22.6 Å². The molecule has 32 heavy (non-hydrogen) atoms. The highest BCUT2D eigenvalue weighted by molar-refractivity contribution is 6.30. The highest BCUT2D eigenvalue weighted by atomic mass is 35.5. The summed E-state index contributed by atoms with van der Waals surface area (Å²) in [7, 11) is 1.53. The average Bonchev–Trinajstić information content (AvgIpc) is 2.83. The molecule has 0 aromatic heterocycles. The number of hydrogen-bond donors (Lipinski definition) is 1. The van der Waals surface area contributed by atoms with Gasteiger partial charge in [-0.2, -0.15) is 0 Å². The summed E-state index contributed by atoms with van der Waals surface area (Å²) < 4.78 is 10.3. The third-order valence-electron chi connectivity index (χ3n) is 4.74. The quantitative estimate of drug-likeness (QED) is 0.391. The van der Waals surface area contributed by atoms with E-state index in [1.54, 1.807) is 48.5 Å². The van der Waals surface area contributed by atoms with Gasteiger partial charge in [-0.25, -0.2) is 4.79 Å². The average molecular weight is 452 g/mol. The molecule has 0 fully saturated rings. The van der Waals surface area contributed by atoms with Crippen LogP contribution in [0.15, 0.2) is 78.9 Å². The van der Waals surface area contributed by atoms with Crippen LogP contribution in [0.4, 0.5) is 0 Å². The molecule has 0 spiro atoms. The molecule has 3 aromatic carbocycles. The summed E-state index contributed by atoms with van der Waals surface area (Å²) in [5.74, 6) is -0.884. The van der Waals surface area contributed by atoms with Gasteiger partial charge in [0.25, 0.3) is 5.91 Å². The van der Waals surface area contributed by atoms with Gasteiger partial charge in [-0.15, -0.1) is 0 Å². The van der Waals surface area contributed by atoms with E-state index < -0.39 is 24.5 Å². The molecule has 3 aromatic rings. The minimum Gasteiger partial charge on any atom is -0.497 e. The maximum absolute atomic E-state index is 12.8. The second kappa shape index (κ2) is 11.1. The Balaban J connectivity index is 1.69. The summed E-state index contributed by atoms with van der Waals surface area (Å²) >= 11 is 5.83. The van der Waals surface area contributed by atoms with Crippen molar-refractivity contribution in [3.05, 3.63) is 101 Å². The van der Waals surface area contributed by atoms with Crippen molar-refractivity contribution in [1.82, 2.24) is 5.32 Å². The van der Waals surface area contributed by atoms with Crippen molar-refractivity contribution in [3.8, 4) is 5.75 Å². The Bertz CT molecular complexity index is 1070. The van der Waals surface area contributed by atoms with Crippen LogP contribution < -0.4 is 10.1 Å².